The van der Waals surface area contributed by atoms with Crippen molar-refractivity contribution in [3.05, 3.63) is 0 Å². The van der Waals surface area contributed by atoms with Gasteiger partial charge in [0.25, 0.3) is 0 Å². The van der Waals surface area contributed by atoms with Crippen molar-refractivity contribution in [1.82, 2.24) is 10.2 Å². The van der Waals surface area contributed by atoms with Crippen LogP contribution in [0.5, 0.6) is 0 Å². The standard InChI is InChI=1S/C16H34N2O2/c1-6-16(7-2)13-17-15(3,4)14-18(16)9-8-10-20-12-11-19-5/h17H,6-14H2,1-5H3. The van der Waals surface area contributed by atoms with Crippen molar-refractivity contribution in [1.29, 1.82) is 0 Å². The first kappa shape index (κ1) is 17.9. The molecule has 0 bridgehead atoms. The number of hydrogen-bond acceptors (Lipinski definition) is 4. The zero-order valence-electron chi connectivity index (χ0n) is 14.1. The van der Waals surface area contributed by atoms with E-state index in [-0.39, 0.29) is 5.54 Å². The zero-order valence-corrected chi connectivity index (χ0v) is 14.1. The normalized spacial score (nSPS) is 22.1. The smallest absolute Gasteiger partial charge is 0.0700 e. The molecule has 0 spiro atoms. The van der Waals surface area contributed by atoms with Gasteiger partial charge in [0.15, 0.2) is 0 Å². The Morgan fingerprint density at radius 1 is 1.10 bits per heavy atom. The van der Waals surface area contributed by atoms with Crippen molar-refractivity contribution >= 4 is 0 Å². The van der Waals surface area contributed by atoms with Gasteiger partial charge in [-0.15, -0.1) is 0 Å². The molecule has 0 unspecified atom stereocenters. The lowest BCUT2D eigenvalue weighted by molar-refractivity contribution is -0.000808. The first-order chi connectivity index (χ1) is 9.49. The first-order valence-electron chi connectivity index (χ1n) is 8.06. The summed E-state index contributed by atoms with van der Waals surface area (Å²) in [5.41, 5.74) is 0.535. The van der Waals surface area contributed by atoms with Crippen LogP contribution in [0.2, 0.25) is 0 Å². The molecule has 4 heteroatoms. The summed E-state index contributed by atoms with van der Waals surface area (Å²) in [6, 6.07) is 0. The molecule has 1 N–H and O–H groups in total. The maximum Gasteiger partial charge on any atom is 0.0700 e. The molecule has 0 radical (unpaired) electrons. The molecule has 0 aromatic heterocycles. The van der Waals surface area contributed by atoms with E-state index >= 15 is 0 Å². The molecule has 1 heterocycles. The molecule has 4 nitrogen and oxygen atoms in total. The molecular formula is C16H34N2O2. The highest BCUT2D eigenvalue weighted by atomic mass is 16.5. The molecule has 1 aliphatic heterocycles. The number of hydrogen-bond donors (Lipinski definition) is 1. The monoisotopic (exact) mass is 286 g/mol. The molecule has 0 aromatic rings. The summed E-state index contributed by atoms with van der Waals surface area (Å²) >= 11 is 0. The summed E-state index contributed by atoms with van der Waals surface area (Å²) in [5, 5.41) is 3.71. The van der Waals surface area contributed by atoms with Crippen LogP contribution in [-0.4, -0.2) is 62.5 Å². The van der Waals surface area contributed by atoms with Gasteiger partial charge in [0.2, 0.25) is 0 Å². The third-order valence-electron chi connectivity index (χ3n) is 4.62. The van der Waals surface area contributed by atoms with E-state index in [1.165, 1.54) is 12.8 Å². The van der Waals surface area contributed by atoms with Gasteiger partial charge in [-0.3, -0.25) is 4.90 Å². The average Bonchev–Trinajstić information content (AvgIpc) is 2.43. The molecule has 1 rings (SSSR count). The Balaban J connectivity index is 2.44. The van der Waals surface area contributed by atoms with Gasteiger partial charge in [0, 0.05) is 44.4 Å². The van der Waals surface area contributed by atoms with Gasteiger partial charge in [0.1, 0.15) is 0 Å². The maximum absolute atomic E-state index is 5.59. The Hall–Kier alpha value is -0.160. The summed E-state index contributed by atoms with van der Waals surface area (Å²) in [4.78, 5) is 2.68. The van der Waals surface area contributed by atoms with Crippen molar-refractivity contribution in [3.63, 3.8) is 0 Å². The number of piperazine rings is 1. The molecule has 0 atom stereocenters. The van der Waals surface area contributed by atoms with E-state index in [0.29, 0.717) is 18.8 Å². The van der Waals surface area contributed by atoms with Crippen molar-refractivity contribution in [2.24, 2.45) is 0 Å². The van der Waals surface area contributed by atoms with E-state index in [1.54, 1.807) is 7.11 Å². The van der Waals surface area contributed by atoms with E-state index in [1.807, 2.05) is 0 Å². The van der Waals surface area contributed by atoms with Gasteiger partial charge in [0.05, 0.1) is 13.2 Å². The third-order valence-corrected chi connectivity index (χ3v) is 4.62. The molecule has 0 amide bonds. The van der Waals surface area contributed by atoms with Crippen LogP contribution in [-0.2, 0) is 9.47 Å². The Morgan fingerprint density at radius 3 is 2.40 bits per heavy atom. The SMILES string of the molecule is CCC1(CC)CNC(C)(C)CN1CCCOCCOC. The van der Waals surface area contributed by atoms with E-state index < -0.39 is 0 Å². The van der Waals surface area contributed by atoms with Gasteiger partial charge >= 0.3 is 0 Å². The lowest BCUT2D eigenvalue weighted by Crippen LogP contribution is -2.68. The van der Waals surface area contributed by atoms with Crippen LogP contribution in [0.1, 0.15) is 47.0 Å². The maximum atomic E-state index is 5.59. The highest BCUT2D eigenvalue weighted by Crippen LogP contribution is 2.29. The highest BCUT2D eigenvalue weighted by molar-refractivity contribution is 5.00. The summed E-state index contributed by atoms with van der Waals surface area (Å²) in [7, 11) is 1.71. The van der Waals surface area contributed by atoms with Crippen LogP contribution in [0.15, 0.2) is 0 Å². The number of methoxy groups -OCH3 is 1. The van der Waals surface area contributed by atoms with E-state index in [2.05, 4.69) is 37.9 Å². The second-order valence-corrected chi connectivity index (χ2v) is 6.55. The van der Waals surface area contributed by atoms with Crippen LogP contribution in [0, 0.1) is 0 Å². The fourth-order valence-electron chi connectivity index (χ4n) is 3.08. The van der Waals surface area contributed by atoms with Crippen LogP contribution < -0.4 is 5.32 Å². The second kappa shape index (κ2) is 8.32. The minimum atomic E-state index is 0.213. The van der Waals surface area contributed by atoms with Gasteiger partial charge in [-0.2, -0.15) is 0 Å². The summed E-state index contributed by atoms with van der Waals surface area (Å²) in [5.74, 6) is 0. The molecule has 0 aliphatic carbocycles. The van der Waals surface area contributed by atoms with Gasteiger partial charge < -0.3 is 14.8 Å². The van der Waals surface area contributed by atoms with E-state index in [0.717, 1.165) is 32.7 Å². The quantitative estimate of drug-likeness (QED) is 0.659. The second-order valence-electron chi connectivity index (χ2n) is 6.55. The Morgan fingerprint density at radius 2 is 1.80 bits per heavy atom. The Kier molecular flexibility index (Phi) is 7.45. The topological polar surface area (TPSA) is 33.7 Å². The molecule has 120 valence electrons. The molecule has 20 heavy (non-hydrogen) atoms. The largest absolute Gasteiger partial charge is 0.382 e. The third kappa shape index (κ3) is 4.99. The minimum absolute atomic E-state index is 0.213. The van der Waals surface area contributed by atoms with Crippen molar-refractivity contribution in [3.8, 4) is 0 Å². The molecule has 1 saturated heterocycles. The van der Waals surface area contributed by atoms with Crippen LogP contribution in [0.25, 0.3) is 0 Å². The Bertz CT molecular complexity index is 265. The average molecular weight is 286 g/mol. The predicted octanol–water partition coefficient (Wildman–Crippen LogP) is 2.28. The van der Waals surface area contributed by atoms with Crippen LogP contribution in [0.4, 0.5) is 0 Å². The summed E-state index contributed by atoms with van der Waals surface area (Å²) < 4.78 is 10.6. The lowest BCUT2D eigenvalue weighted by Gasteiger charge is -2.52. The number of ether oxygens (including phenoxy) is 2. The van der Waals surface area contributed by atoms with Gasteiger partial charge in [-0.05, 0) is 33.1 Å². The number of rotatable bonds is 9. The fraction of sp³-hybridized carbons (Fsp3) is 1.00. The first-order valence-corrected chi connectivity index (χ1v) is 8.06. The van der Waals surface area contributed by atoms with Crippen molar-refractivity contribution < 1.29 is 9.47 Å². The zero-order chi connectivity index (χ0) is 15.1. The fourth-order valence-corrected chi connectivity index (χ4v) is 3.08. The summed E-state index contributed by atoms with van der Waals surface area (Å²) in [6.07, 6.45) is 3.51. The van der Waals surface area contributed by atoms with Crippen molar-refractivity contribution in [2.75, 3.05) is 46.6 Å². The van der Waals surface area contributed by atoms with Gasteiger partial charge in [-0.25, -0.2) is 0 Å². The van der Waals surface area contributed by atoms with Crippen molar-refractivity contribution in [2.45, 2.75) is 58.0 Å². The predicted molar refractivity (Wildman–Crippen MR) is 84.3 cm³/mol. The highest BCUT2D eigenvalue weighted by Gasteiger charge is 2.41. The van der Waals surface area contributed by atoms with E-state index in [9.17, 15) is 0 Å². The lowest BCUT2D eigenvalue weighted by atomic mass is 9.84. The molecule has 0 saturated carbocycles. The summed E-state index contributed by atoms with van der Waals surface area (Å²) in [6.45, 7) is 14.8. The molecule has 1 aliphatic rings. The minimum Gasteiger partial charge on any atom is -0.382 e. The Labute approximate surface area is 125 Å². The van der Waals surface area contributed by atoms with Gasteiger partial charge in [-0.1, -0.05) is 13.8 Å². The number of nitrogens with one attached hydrogen (secondary N) is 1. The molecule has 1 fully saturated rings. The van der Waals surface area contributed by atoms with Crippen LogP contribution >= 0.6 is 0 Å². The molecular weight excluding hydrogens is 252 g/mol. The van der Waals surface area contributed by atoms with E-state index in [4.69, 9.17) is 9.47 Å². The van der Waals surface area contributed by atoms with Crippen LogP contribution in [0.3, 0.4) is 0 Å². The molecule has 0 aromatic carbocycles. The number of nitrogens with zero attached hydrogens (tertiary/aromatic N) is 1.